The molecule has 2 aromatic rings. The van der Waals surface area contributed by atoms with E-state index in [4.69, 9.17) is 16.7 Å². The fraction of sp³-hybridized carbons (Fsp3) is 0.0667. The molecule has 0 aliphatic rings. The molecule has 0 heterocycles. The lowest BCUT2D eigenvalue weighted by Gasteiger charge is -2.18. The summed E-state index contributed by atoms with van der Waals surface area (Å²) in [6.07, 6.45) is 0. The number of carbonyl (C=O) groups excluding carboxylic acids is 1. The van der Waals surface area contributed by atoms with Crippen LogP contribution < -0.4 is 16.4 Å². The molecule has 2 aromatic carbocycles. The Morgan fingerprint density at radius 3 is 2.60 bits per heavy atom. The SMILES string of the molecule is CN(C(=O)c1ccc(N)cc1N)c1cccc(C#N)c1. The van der Waals surface area contributed by atoms with Crippen LogP contribution in [0.15, 0.2) is 42.5 Å². The molecule has 0 saturated heterocycles. The van der Waals surface area contributed by atoms with Crippen molar-refractivity contribution >= 4 is 23.0 Å². The maximum Gasteiger partial charge on any atom is 0.260 e. The predicted molar refractivity (Wildman–Crippen MR) is 79.2 cm³/mol. The highest BCUT2D eigenvalue weighted by Gasteiger charge is 2.16. The Morgan fingerprint density at radius 2 is 1.95 bits per heavy atom. The van der Waals surface area contributed by atoms with Gasteiger partial charge in [-0.2, -0.15) is 5.26 Å². The lowest BCUT2D eigenvalue weighted by atomic mass is 10.1. The van der Waals surface area contributed by atoms with Crippen LogP contribution in [0.2, 0.25) is 0 Å². The molecule has 0 unspecified atom stereocenters. The first-order valence-corrected chi connectivity index (χ1v) is 5.96. The lowest BCUT2D eigenvalue weighted by Crippen LogP contribution is -2.27. The van der Waals surface area contributed by atoms with Crippen LogP contribution in [0.25, 0.3) is 0 Å². The number of hydrogen-bond donors (Lipinski definition) is 2. The van der Waals surface area contributed by atoms with Crippen LogP contribution in [0.1, 0.15) is 15.9 Å². The zero-order valence-electron chi connectivity index (χ0n) is 11.0. The van der Waals surface area contributed by atoms with E-state index in [0.29, 0.717) is 28.2 Å². The molecule has 20 heavy (non-hydrogen) atoms. The lowest BCUT2D eigenvalue weighted by molar-refractivity contribution is 0.0994. The molecule has 0 spiro atoms. The van der Waals surface area contributed by atoms with Gasteiger partial charge in [0.15, 0.2) is 0 Å². The molecule has 1 amide bonds. The number of rotatable bonds is 2. The van der Waals surface area contributed by atoms with Crippen molar-refractivity contribution in [2.45, 2.75) is 0 Å². The summed E-state index contributed by atoms with van der Waals surface area (Å²) in [6.45, 7) is 0. The van der Waals surface area contributed by atoms with E-state index < -0.39 is 0 Å². The third-order valence-electron chi connectivity index (χ3n) is 2.97. The number of carbonyl (C=O) groups is 1. The highest BCUT2D eigenvalue weighted by Crippen LogP contribution is 2.21. The van der Waals surface area contributed by atoms with E-state index in [1.807, 2.05) is 6.07 Å². The van der Waals surface area contributed by atoms with Gasteiger partial charge in [0, 0.05) is 24.1 Å². The average molecular weight is 266 g/mol. The van der Waals surface area contributed by atoms with E-state index in [0.717, 1.165) is 0 Å². The van der Waals surface area contributed by atoms with Crippen LogP contribution in [0.4, 0.5) is 17.1 Å². The number of nitrogen functional groups attached to an aromatic ring is 2. The smallest absolute Gasteiger partial charge is 0.260 e. The van der Waals surface area contributed by atoms with Crippen LogP contribution in [0.5, 0.6) is 0 Å². The first kappa shape index (κ1) is 13.4. The fourth-order valence-corrected chi connectivity index (χ4v) is 1.86. The molecule has 5 heteroatoms. The fourth-order valence-electron chi connectivity index (χ4n) is 1.86. The highest BCUT2D eigenvalue weighted by atomic mass is 16.2. The van der Waals surface area contributed by atoms with Gasteiger partial charge in [0.1, 0.15) is 0 Å². The van der Waals surface area contributed by atoms with E-state index in [-0.39, 0.29) is 5.91 Å². The summed E-state index contributed by atoms with van der Waals surface area (Å²) >= 11 is 0. The molecule has 0 saturated carbocycles. The quantitative estimate of drug-likeness (QED) is 0.812. The molecule has 0 bridgehead atoms. The van der Waals surface area contributed by atoms with E-state index in [2.05, 4.69) is 0 Å². The van der Waals surface area contributed by atoms with Gasteiger partial charge in [0.25, 0.3) is 5.91 Å². The second-order valence-corrected chi connectivity index (χ2v) is 4.37. The third kappa shape index (κ3) is 2.54. The molecule has 0 aromatic heterocycles. The van der Waals surface area contributed by atoms with Crippen LogP contribution in [0, 0.1) is 11.3 Å². The summed E-state index contributed by atoms with van der Waals surface area (Å²) in [7, 11) is 1.63. The van der Waals surface area contributed by atoms with Crippen molar-refractivity contribution in [3.8, 4) is 6.07 Å². The second kappa shape index (κ2) is 5.33. The zero-order chi connectivity index (χ0) is 14.7. The molecular formula is C15H14N4O. The van der Waals surface area contributed by atoms with Gasteiger partial charge < -0.3 is 16.4 Å². The van der Waals surface area contributed by atoms with E-state index >= 15 is 0 Å². The van der Waals surface area contributed by atoms with Crippen molar-refractivity contribution < 1.29 is 4.79 Å². The van der Waals surface area contributed by atoms with Crippen molar-refractivity contribution in [1.82, 2.24) is 0 Å². The van der Waals surface area contributed by atoms with Gasteiger partial charge in [-0.1, -0.05) is 6.07 Å². The van der Waals surface area contributed by atoms with Crippen molar-refractivity contribution in [1.29, 1.82) is 5.26 Å². The molecule has 100 valence electrons. The Morgan fingerprint density at radius 1 is 1.20 bits per heavy atom. The molecule has 2 rings (SSSR count). The van der Waals surface area contributed by atoms with Gasteiger partial charge >= 0.3 is 0 Å². The number of anilines is 3. The number of amides is 1. The van der Waals surface area contributed by atoms with Gasteiger partial charge in [0.05, 0.1) is 17.2 Å². The monoisotopic (exact) mass is 266 g/mol. The molecule has 0 atom stereocenters. The third-order valence-corrected chi connectivity index (χ3v) is 2.97. The standard InChI is InChI=1S/C15H14N4O/c1-19(12-4-2-3-10(7-12)9-16)15(20)13-6-5-11(17)8-14(13)18/h2-8H,17-18H2,1H3. The molecule has 0 aliphatic heterocycles. The van der Waals surface area contributed by atoms with E-state index in [1.54, 1.807) is 49.5 Å². The van der Waals surface area contributed by atoms with Gasteiger partial charge in [-0.15, -0.1) is 0 Å². The summed E-state index contributed by atoms with van der Waals surface area (Å²) in [5.41, 5.74) is 13.8. The van der Waals surface area contributed by atoms with Gasteiger partial charge in [0.2, 0.25) is 0 Å². The Kier molecular flexibility index (Phi) is 3.58. The van der Waals surface area contributed by atoms with Crippen LogP contribution >= 0.6 is 0 Å². The molecule has 4 N–H and O–H groups in total. The van der Waals surface area contributed by atoms with Crippen molar-refractivity contribution in [3.63, 3.8) is 0 Å². The number of hydrogen-bond acceptors (Lipinski definition) is 4. The molecule has 0 radical (unpaired) electrons. The topological polar surface area (TPSA) is 96.1 Å². The minimum absolute atomic E-state index is 0.252. The zero-order valence-corrected chi connectivity index (χ0v) is 11.0. The van der Waals surface area contributed by atoms with Crippen molar-refractivity contribution in [2.75, 3.05) is 23.4 Å². The van der Waals surface area contributed by atoms with E-state index in [1.165, 1.54) is 4.90 Å². The number of benzene rings is 2. The van der Waals surface area contributed by atoms with Gasteiger partial charge in [-0.3, -0.25) is 4.79 Å². The Hall–Kier alpha value is -3.00. The Labute approximate surface area is 117 Å². The Balaban J connectivity index is 2.35. The maximum absolute atomic E-state index is 12.4. The van der Waals surface area contributed by atoms with E-state index in [9.17, 15) is 4.79 Å². The van der Waals surface area contributed by atoms with Gasteiger partial charge in [-0.25, -0.2) is 0 Å². The Bertz CT molecular complexity index is 703. The van der Waals surface area contributed by atoms with Crippen LogP contribution in [0.3, 0.4) is 0 Å². The maximum atomic E-state index is 12.4. The molecule has 0 aliphatic carbocycles. The minimum atomic E-state index is -0.252. The first-order chi connectivity index (χ1) is 9.52. The number of nitriles is 1. The summed E-state index contributed by atoms with van der Waals surface area (Å²) in [6, 6.07) is 13.6. The van der Waals surface area contributed by atoms with Crippen molar-refractivity contribution in [2.24, 2.45) is 0 Å². The summed E-state index contributed by atoms with van der Waals surface area (Å²) < 4.78 is 0. The number of nitrogens with two attached hydrogens (primary N) is 2. The van der Waals surface area contributed by atoms with Crippen LogP contribution in [-0.2, 0) is 0 Å². The highest BCUT2D eigenvalue weighted by molar-refractivity contribution is 6.09. The minimum Gasteiger partial charge on any atom is -0.399 e. The normalized spacial score (nSPS) is 9.80. The second-order valence-electron chi connectivity index (χ2n) is 4.37. The molecule has 5 nitrogen and oxygen atoms in total. The molecule has 0 fully saturated rings. The first-order valence-electron chi connectivity index (χ1n) is 5.96. The predicted octanol–water partition coefficient (Wildman–Crippen LogP) is 2.00. The van der Waals surface area contributed by atoms with Crippen molar-refractivity contribution in [3.05, 3.63) is 53.6 Å². The summed E-state index contributed by atoms with van der Waals surface area (Å²) in [5.74, 6) is -0.252. The van der Waals surface area contributed by atoms with Crippen LogP contribution in [-0.4, -0.2) is 13.0 Å². The number of nitrogens with zero attached hydrogens (tertiary/aromatic N) is 2. The molecular weight excluding hydrogens is 252 g/mol. The largest absolute Gasteiger partial charge is 0.399 e. The summed E-state index contributed by atoms with van der Waals surface area (Å²) in [5, 5.41) is 8.89. The summed E-state index contributed by atoms with van der Waals surface area (Å²) in [4.78, 5) is 13.8. The van der Waals surface area contributed by atoms with Gasteiger partial charge in [-0.05, 0) is 36.4 Å². The average Bonchev–Trinajstić information content (AvgIpc) is 2.46.